The van der Waals surface area contributed by atoms with Crippen LogP contribution in [-0.4, -0.2) is 16.2 Å². The Morgan fingerprint density at radius 1 is 1.03 bits per heavy atom. The minimum atomic E-state index is -0.524. The molecule has 0 atom stereocenters. The molecule has 4 rings (SSSR count). The molecule has 1 aliphatic rings. The summed E-state index contributed by atoms with van der Waals surface area (Å²) in [7, 11) is 0. The minimum Gasteiger partial charge on any atom is -0.318 e. The number of oxime groups is 1. The van der Waals surface area contributed by atoms with Gasteiger partial charge >= 0.3 is 5.97 Å². The predicted octanol–water partition coefficient (Wildman–Crippen LogP) is 6.63. The number of rotatable bonds is 3. The van der Waals surface area contributed by atoms with Crippen molar-refractivity contribution in [2.24, 2.45) is 10.6 Å². The summed E-state index contributed by atoms with van der Waals surface area (Å²) < 4.78 is 2.22. The fraction of sp³-hybridized carbons (Fsp3) is 0.250. The highest BCUT2D eigenvalue weighted by molar-refractivity contribution is 6.31. The number of halogens is 2. The minimum absolute atomic E-state index is 0.0245. The first-order valence-electron chi connectivity index (χ1n) is 9.75. The van der Waals surface area contributed by atoms with E-state index in [0.717, 1.165) is 34.8 Å². The largest absolute Gasteiger partial charge is 0.365 e. The van der Waals surface area contributed by atoms with Crippen molar-refractivity contribution in [2.75, 3.05) is 0 Å². The third-order valence-electron chi connectivity index (χ3n) is 5.27. The van der Waals surface area contributed by atoms with Gasteiger partial charge in [0.2, 0.25) is 0 Å². The average molecular weight is 441 g/mol. The molecule has 30 heavy (non-hydrogen) atoms. The zero-order valence-corrected chi connectivity index (χ0v) is 18.6. The Morgan fingerprint density at radius 2 is 1.77 bits per heavy atom. The fourth-order valence-corrected chi connectivity index (χ4v) is 4.29. The quantitative estimate of drug-likeness (QED) is 0.338. The third kappa shape index (κ3) is 4.16. The Morgan fingerprint density at radius 3 is 2.47 bits per heavy atom. The van der Waals surface area contributed by atoms with Gasteiger partial charge in [-0.2, -0.15) is 0 Å². The van der Waals surface area contributed by atoms with Crippen molar-refractivity contribution in [3.63, 3.8) is 0 Å². The summed E-state index contributed by atoms with van der Waals surface area (Å²) in [5.74, 6) is -0.524. The molecule has 0 saturated carbocycles. The zero-order chi connectivity index (χ0) is 21.5. The van der Waals surface area contributed by atoms with Crippen LogP contribution in [0.15, 0.2) is 59.8 Å². The molecule has 6 heteroatoms. The van der Waals surface area contributed by atoms with Crippen LogP contribution < -0.4 is 0 Å². The lowest BCUT2D eigenvalue weighted by atomic mass is 9.76. The van der Waals surface area contributed by atoms with Crippen LogP contribution >= 0.6 is 23.2 Å². The van der Waals surface area contributed by atoms with Crippen LogP contribution in [0.5, 0.6) is 0 Å². The van der Waals surface area contributed by atoms with Crippen LogP contribution in [0.25, 0.3) is 5.69 Å². The Bertz CT molecular complexity index is 1140. The van der Waals surface area contributed by atoms with Gasteiger partial charge in [0.25, 0.3) is 0 Å². The first-order chi connectivity index (χ1) is 14.2. The fourth-order valence-electron chi connectivity index (χ4n) is 3.97. The van der Waals surface area contributed by atoms with E-state index in [-0.39, 0.29) is 5.41 Å². The number of hydrogen-bond acceptors (Lipinski definition) is 3. The topological polar surface area (TPSA) is 43.6 Å². The normalized spacial score (nSPS) is 16.4. The van der Waals surface area contributed by atoms with Gasteiger partial charge in [-0.25, -0.2) is 4.79 Å². The first-order valence-corrected chi connectivity index (χ1v) is 10.5. The lowest BCUT2D eigenvalue weighted by Gasteiger charge is -2.31. The smallest absolute Gasteiger partial charge is 0.318 e. The molecule has 0 unspecified atom stereocenters. The maximum absolute atomic E-state index is 12.4. The summed E-state index contributed by atoms with van der Waals surface area (Å²) in [5.41, 5.74) is 5.43. The molecule has 1 aromatic heterocycles. The van der Waals surface area contributed by atoms with Crippen LogP contribution in [0, 0.1) is 12.3 Å². The Hall–Kier alpha value is -2.56. The molecule has 0 amide bonds. The molecular weight excluding hydrogens is 419 g/mol. The molecule has 0 fully saturated rings. The Kier molecular flexibility index (Phi) is 5.48. The van der Waals surface area contributed by atoms with Gasteiger partial charge in [0.1, 0.15) is 0 Å². The Balaban J connectivity index is 1.71. The molecule has 0 spiro atoms. The molecule has 1 aliphatic carbocycles. The van der Waals surface area contributed by atoms with Crippen molar-refractivity contribution in [1.82, 2.24) is 4.57 Å². The van der Waals surface area contributed by atoms with Gasteiger partial charge in [0, 0.05) is 32.7 Å². The molecule has 0 saturated heterocycles. The number of carbonyl (C=O) groups is 1. The van der Waals surface area contributed by atoms with Crippen molar-refractivity contribution in [3.8, 4) is 5.69 Å². The van der Waals surface area contributed by atoms with E-state index in [4.69, 9.17) is 28.0 Å². The van der Waals surface area contributed by atoms with E-state index in [1.807, 2.05) is 24.3 Å². The van der Waals surface area contributed by atoms with Crippen LogP contribution in [0.4, 0.5) is 0 Å². The van der Waals surface area contributed by atoms with E-state index in [1.165, 1.54) is 0 Å². The first kappa shape index (κ1) is 20.7. The maximum atomic E-state index is 12.4. The summed E-state index contributed by atoms with van der Waals surface area (Å²) in [6.45, 7) is 6.45. The SMILES string of the molecule is Cc1cc2c(n1-c1ccc(Cl)cc1)CC(C)(C)C/C2=N\OC(=O)c1cccc(Cl)c1. The average Bonchev–Trinajstić information content (AvgIpc) is 3.01. The lowest BCUT2D eigenvalue weighted by Crippen LogP contribution is -2.28. The van der Waals surface area contributed by atoms with E-state index < -0.39 is 5.97 Å². The summed E-state index contributed by atoms with van der Waals surface area (Å²) in [4.78, 5) is 17.7. The van der Waals surface area contributed by atoms with Gasteiger partial charge in [-0.1, -0.05) is 48.3 Å². The van der Waals surface area contributed by atoms with Gasteiger partial charge in [0.05, 0.1) is 11.3 Å². The molecule has 2 aromatic carbocycles. The highest BCUT2D eigenvalue weighted by atomic mass is 35.5. The summed E-state index contributed by atoms with van der Waals surface area (Å²) in [6, 6.07) is 16.5. The molecule has 0 bridgehead atoms. The van der Waals surface area contributed by atoms with Gasteiger partial charge in [-0.05, 0) is 73.7 Å². The van der Waals surface area contributed by atoms with Crippen molar-refractivity contribution in [2.45, 2.75) is 33.6 Å². The van der Waals surface area contributed by atoms with Gasteiger partial charge in [-0.15, -0.1) is 0 Å². The van der Waals surface area contributed by atoms with E-state index >= 15 is 0 Å². The van der Waals surface area contributed by atoms with E-state index in [2.05, 4.69) is 36.6 Å². The lowest BCUT2D eigenvalue weighted by molar-refractivity contribution is 0.0514. The number of hydrogen-bond donors (Lipinski definition) is 0. The second-order valence-corrected chi connectivity index (χ2v) is 9.28. The van der Waals surface area contributed by atoms with Gasteiger partial charge in [-0.3, -0.25) is 0 Å². The maximum Gasteiger partial charge on any atom is 0.365 e. The monoisotopic (exact) mass is 440 g/mol. The molecule has 3 aromatic rings. The number of nitrogens with zero attached hydrogens (tertiary/aromatic N) is 2. The highest BCUT2D eigenvalue weighted by Gasteiger charge is 2.33. The molecule has 154 valence electrons. The summed E-state index contributed by atoms with van der Waals surface area (Å²) in [5, 5.41) is 5.46. The predicted molar refractivity (Wildman–Crippen MR) is 121 cm³/mol. The number of aromatic nitrogens is 1. The molecule has 0 N–H and O–H groups in total. The van der Waals surface area contributed by atoms with Crippen LogP contribution in [0.1, 0.15) is 47.6 Å². The Labute approximate surface area is 186 Å². The van der Waals surface area contributed by atoms with E-state index in [9.17, 15) is 4.79 Å². The summed E-state index contributed by atoms with van der Waals surface area (Å²) >= 11 is 12.0. The van der Waals surface area contributed by atoms with Crippen molar-refractivity contribution >= 4 is 34.9 Å². The number of carbonyl (C=O) groups excluding carboxylic acids is 1. The van der Waals surface area contributed by atoms with Crippen molar-refractivity contribution in [3.05, 3.63) is 87.2 Å². The molecular formula is C24H22Cl2N2O2. The molecule has 4 nitrogen and oxygen atoms in total. The summed E-state index contributed by atoms with van der Waals surface area (Å²) in [6.07, 6.45) is 1.60. The van der Waals surface area contributed by atoms with Crippen molar-refractivity contribution in [1.29, 1.82) is 0 Å². The zero-order valence-electron chi connectivity index (χ0n) is 17.1. The second kappa shape index (κ2) is 7.93. The number of fused-ring (bicyclic) bond motifs is 1. The van der Waals surface area contributed by atoms with Crippen LogP contribution in [0.2, 0.25) is 10.0 Å². The van der Waals surface area contributed by atoms with Crippen LogP contribution in [0.3, 0.4) is 0 Å². The number of aryl methyl sites for hydroxylation is 1. The third-order valence-corrected chi connectivity index (χ3v) is 5.76. The van der Waals surface area contributed by atoms with Gasteiger partial charge < -0.3 is 9.40 Å². The van der Waals surface area contributed by atoms with E-state index in [0.29, 0.717) is 22.0 Å². The molecule has 1 heterocycles. The van der Waals surface area contributed by atoms with Crippen molar-refractivity contribution < 1.29 is 9.63 Å². The number of benzene rings is 2. The van der Waals surface area contributed by atoms with E-state index in [1.54, 1.807) is 24.3 Å². The van der Waals surface area contributed by atoms with Gasteiger partial charge in [0.15, 0.2) is 0 Å². The van der Waals surface area contributed by atoms with Crippen LogP contribution in [-0.2, 0) is 11.3 Å². The highest BCUT2D eigenvalue weighted by Crippen LogP contribution is 2.38. The second-order valence-electron chi connectivity index (χ2n) is 8.40. The molecule has 0 aliphatic heterocycles. The molecule has 0 radical (unpaired) electrons. The standard InChI is InChI=1S/C24H22Cl2N2O2/c1-15-11-20-21(27-30-23(29)16-5-4-6-18(26)12-16)13-24(2,3)14-22(20)28(15)19-9-7-17(25)8-10-19/h4-12H,13-14H2,1-3H3/b27-21+.